The van der Waals surface area contributed by atoms with Crippen molar-refractivity contribution in [2.45, 2.75) is 64.1 Å². The summed E-state index contributed by atoms with van der Waals surface area (Å²) in [4.78, 5) is 27.8. The summed E-state index contributed by atoms with van der Waals surface area (Å²) >= 11 is 6.07. The molecule has 1 saturated carbocycles. The Bertz CT molecular complexity index is 819. The molecule has 2 aromatic carbocycles. The smallest absolute Gasteiger partial charge is 0.242 e. The Kier molecular flexibility index (Phi) is 7.70. The first-order valence-corrected chi connectivity index (χ1v) is 10.8. The molecule has 3 rings (SSSR count). The molecule has 1 atom stereocenters. The van der Waals surface area contributed by atoms with Crippen molar-refractivity contribution in [1.82, 2.24) is 10.2 Å². The van der Waals surface area contributed by atoms with E-state index >= 15 is 0 Å². The number of carbonyl (C=O) groups excluding carboxylic acids is 2. The Morgan fingerprint density at radius 2 is 1.72 bits per heavy atom. The summed E-state index contributed by atoms with van der Waals surface area (Å²) in [6.45, 7) is 2.22. The number of amides is 2. The van der Waals surface area contributed by atoms with Gasteiger partial charge in [-0.3, -0.25) is 9.59 Å². The summed E-state index contributed by atoms with van der Waals surface area (Å²) in [5.74, 6) is -0.158. The van der Waals surface area contributed by atoms with Crippen molar-refractivity contribution in [2.24, 2.45) is 0 Å². The Morgan fingerprint density at radius 1 is 1.03 bits per heavy atom. The minimum Gasteiger partial charge on any atom is -0.352 e. The number of halogens is 1. The zero-order valence-electron chi connectivity index (χ0n) is 16.9. The van der Waals surface area contributed by atoms with E-state index < -0.39 is 6.04 Å². The van der Waals surface area contributed by atoms with E-state index in [1.54, 1.807) is 17.0 Å². The fourth-order valence-corrected chi connectivity index (χ4v) is 4.07. The van der Waals surface area contributed by atoms with Crippen LogP contribution in [0.4, 0.5) is 0 Å². The highest BCUT2D eigenvalue weighted by atomic mass is 35.5. The second-order valence-corrected chi connectivity index (χ2v) is 8.27. The van der Waals surface area contributed by atoms with E-state index in [0.29, 0.717) is 11.6 Å². The zero-order valence-corrected chi connectivity index (χ0v) is 17.7. The van der Waals surface area contributed by atoms with Crippen LogP contribution in [-0.4, -0.2) is 28.8 Å². The number of hydrogen-bond donors (Lipinski definition) is 1. The van der Waals surface area contributed by atoms with E-state index in [2.05, 4.69) is 5.32 Å². The number of benzene rings is 2. The maximum Gasteiger partial charge on any atom is 0.242 e. The average Bonchev–Trinajstić information content (AvgIpc) is 2.73. The lowest BCUT2D eigenvalue weighted by Crippen LogP contribution is -2.50. The number of nitrogens with one attached hydrogen (secondary N) is 1. The molecule has 0 unspecified atom stereocenters. The molecule has 1 aliphatic rings. The van der Waals surface area contributed by atoms with Gasteiger partial charge >= 0.3 is 0 Å². The molecule has 2 aromatic rings. The SMILES string of the molecule is C[C@H](C(=O)NC1CCCCC1)N(Cc1ccccc1)C(=O)Cc1cccc(Cl)c1. The minimum atomic E-state index is -0.538. The Morgan fingerprint density at radius 3 is 2.41 bits per heavy atom. The van der Waals surface area contributed by atoms with Gasteiger partial charge in [0.25, 0.3) is 0 Å². The molecule has 0 spiro atoms. The lowest BCUT2D eigenvalue weighted by molar-refractivity contribution is -0.140. The monoisotopic (exact) mass is 412 g/mol. The summed E-state index contributed by atoms with van der Waals surface area (Å²) in [5.41, 5.74) is 1.85. The van der Waals surface area contributed by atoms with E-state index in [9.17, 15) is 9.59 Å². The molecule has 29 heavy (non-hydrogen) atoms. The van der Waals surface area contributed by atoms with Gasteiger partial charge in [-0.15, -0.1) is 0 Å². The van der Waals surface area contributed by atoms with Crippen LogP contribution in [0.5, 0.6) is 0 Å². The fourth-order valence-electron chi connectivity index (χ4n) is 3.85. The molecule has 4 nitrogen and oxygen atoms in total. The highest BCUT2D eigenvalue weighted by molar-refractivity contribution is 6.30. The molecule has 0 bridgehead atoms. The predicted octanol–water partition coefficient (Wildman–Crippen LogP) is 4.75. The average molecular weight is 413 g/mol. The van der Waals surface area contributed by atoms with Gasteiger partial charge in [0.2, 0.25) is 11.8 Å². The van der Waals surface area contributed by atoms with Gasteiger partial charge in [0, 0.05) is 17.6 Å². The first kappa shape index (κ1) is 21.4. The van der Waals surface area contributed by atoms with Crippen molar-refractivity contribution in [3.8, 4) is 0 Å². The molecular formula is C24H29ClN2O2. The normalized spacial score (nSPS) is 15.5. The summed E-state index contributed by atoms with van der Waals surface area (Å²) in [5, 5.41) is 3.76. The third-order valence-electron chi connectivity index (χ3n) is 5.56. The van der Waals surface area contributed by atoms with Crippen molar-refractivity contribution in [2.75, 3.05) is 0 Å². The second-order valence-electron chi connectivity index (χ2n) is 7.83. The molecule has 5 heteroatoms. The van der Waals surface area contributed by atoms with Crippen molar-refractivity contribution in [3.63, 3.8) is 0 Å². The standard InChI is InChI=1S/C24H29ClN2O2/c1-18(24(29)26-22-13-6-3-7-14-22)27(17-19-9-4-2-5-10-19)23(28)16-20-11-8-12-21(25)15-20/h2,4-5,8-12,15,18,22H,3,6-7,13-14,16-17H2,1H3,(H,26,29)/t18-/m1/s1. The number of nitrogens with zero attached hydrogens (tertiary/aromatic N) is 1. The van der Waals surface area contributed by atoms with E-state index in [1.807, 2.05) is 49.4 Å². The van der Waals surface area contributed by atoms with Gasteiger partial charge in [0.15, 0.2) is 0 Å². The molecule has 1 aliphatic carbocycles. The summed E-state index contributed by atoms with van der Waals surface area (Å²) in [7, 11) is 0. The first-order chi connectivity index (χ1) is 14.0. The third kappa shape index (κ3) is 6.33. The lowest BCUT2D eigenvalue weighted by atomic mass is 9.95. The quantitative estimate of drug-likeness (QED) is 0.713. The molecule has 2 amide bonds. The summed E-state index contributed by atoms with van der Waals surface area (Å²) in [6, 6.07) is 16.8. The lowest BCUT2D eigenvalue weighted by Gasteiger charge is -2.31. The highest BCUT2D eigenvalue weighted by Crippen LogP contribution is 2.19. The molecule has 1 fully saturated rings. The van der Waals surface area contributed by atoms with E-state index in [0.717, 1.165) is 36.8 Å². The topological polar surface area (TPSA) is 49.4 Å². The third-order valence-corrected chi connectivity index (χ3v) is 5.79. The molecule has 0 aliphatic heterocycles. The molecule has 0 heterocycles. The van der Waals surface area contributed by atoms with Crippen LogP contribution < -0.4 is 5.32 Å². The van der Waals surface area contributed by atoms with Gasteiger partial charge < -0.3 is 10.2 Å². The molecule has 0 radical (unpaired) electrons. The Labute approximate surface area is 178 Å². The van der Waals surface area contributed by atoms with E-state index in [4.69, 9.17) is 11.6 Å². The molecular weight excluding hydrogens is 384 g/mol. The summed E-state index contributed by atoms with van der Waals surface area (Å²) < 4.78 is 0. The van der Waals surface area contributed by atoms with Crippen molar-refractivity contribution in [1.29, 1.82) is 0 Å². The number of carbonyl (C=O) groups is 2. The summed E-state index contributed by atoms with van der Waals surface area (Å²) in [6.07, 6.45) is 5.80. The van der Waals surface area contributed by atoms with Gasteiger partial charge in [-0.2, -0.15) is 0 Å². The van der Waals surface area contributed by atoms with Crippen LogP contribution in [0.2, 0.25) is 5.02 Å². The second kappa shape index (κ2) is 10.4. The van der Waals surface area contributed by atoms with Crippen LogP contribution in [0.1, 0.15) is 50.2 Å². The first-order valence-electron chi connectivity index (χ1n) is 10.4. The number of hydrogen-bond acceptors (Lipinski definition) is 2. The fraction of sp³-hybridized carbons (Fsp3) is 0.417. The van der Waals surface area contributed by atoms with Gasteiger partial charge in [0.1, 0.15) is 6.04 Å². The van der Waals surface area contributed by atoms with Crippen molar-refractivity contribution in [3.05, 3.63) is 70.7 Å². The highest BCUT2D eigenvalue weighted by Gasteiger charge is 2.28. The predicted molar refractivity (Wildman–Crippen MR) is 117 cm³/mol. The molecule has 1 N–H and O–H groups in total. The number of rotatable bonds is 7. The van der Waals surface area contributed by atoms with Gasteiger partial charge in [-0.25, -0.2) is 0 Å². The van der Waals surface area contributed by atoms with Gasteiger partial charge in [0.05, 0.1) is 6.42 Å². The maximum absolute atomic E-state index is 13.2. The van der Waals surface area contributed by atoms with E-state index in [-0.39, 0.29) is 24.3 Å². The minimum absolute atomic E-state index is 0.0766. The maximum atomic E-state index is 13.2. The van der Waals surface area contributed by atoms with Crippen LogP contribution in [-0.2, 0) is 22.6 Å². The van der Waals surface area contributed by atoms with E-state index in [1.165, 1.54) is 6.42 Å². The molecule has 154 valence electrons. The van der Waals surface area contributed by atoms with Crippen LogP contribution >= 0.6 is 11.6 Å². The molecule has 0 saturated heterocycles. The van der Waals surface area contributed by atoms with Crippen LogP contribution in [0, 0.1) is 0 Å². The van der Waals surface area contributed by atoms with Crippen molar-refractivity contribution >= 4 is 23.4 Å². The van der Waals surface area contributed by atoms with Gasteiger partial charge in [-0.05, 0) is 43.0 Å². The Balaban J connectivity index is 1.73. The Hall–Kier alpha value is -2.33. The van der Waals surface area contributed by atoms with Crippen LogP contribution in [0.15, 0.2) is 54.6 Å². The van der Waals surface area contributed by atoms with Crippen molar-refractivity contribution < 1.29 is 9.59 Å². The zero-order chi connectivity index (χ0) is 20.6. The van der Waals surface area contributed by atoms with Crippen LogP contribution in [0.25, 0.3) is 0 Å². The van der Waals surface area contributed by atoms with Gasteiger partial charge in [-0.1, -0.05) is 73.3 Å². The molecule has 0 aromatic heterocycles. The van der Waals surface area contributed by atoms with Crippen LogP contribution in [0.3, 0.4) is 0 Å². The largest absolute Gasteiger partial charge is 0.352 e.